The Bertz CT molecular complexity index is 923. The molecule has 40 heavy (non-hydrogen) atoms. The molecule has 0 amide bonds. The highest BCUT2D eigenvalue weighted by Gasteiger charge is 2.60. The molecule has 0 bridgehead atoms. The Labute approximate surface area is 243 Å². The van der Waals surface area contributed by atoms with Crippen molar-refractivity contribution in [3.63, 3.8) is 0 Å². The molecule has 5 nitrogen and oxygen atoms in total. The molecule has 3 saturated carbocycles. The number of rotatable bonds is 14. The van der Waals surface area contributed by atoms with E-state index in [0.717, 1.165) is 64.2 Å². The molecule has 4 aliphatic rings. The molecule has 0 aromatic rings. The Morgan fingerprint density at radius 3 is 2.25 bits per heavy atom. The normalized spacial score (nSPS) is 33.8. The van der Waals surface area contributed by atoms with Gasteiger partial charge in [0.05, 0.1) is 0 Å². The van der Waals surface area contributed by atoms with Crippen molar-refractivity contribution in [2.45, 2.75) is 162 Å². The topological polar surface area (TPSA) is 69.7 Å². The molecule has 0 spiro atoms. The van der Waals surface area contributed by atoms with Crippen LogP contribution in [0.4, 0.5) is 0 Å². The lowest BCUT2D eigenvalue weighted by molar-refractivity contribution is -0.177. The van der Waals surface area contributed by atoms with Crippen LogP contribution < -0.4 is 0 Å². The molecular formula is C35H56O5. The third kappa shape index (κ3) is 7.04. The zero-order valence-corrected chi connectivity index (χ0v) is 25.9. The average Bonchev–Trinajstić information content (AvgIpc) is 3.26. The van der Waals surface area contributed by atoms with Crippen molar-refractivity contribution in [1.29, 1.82) is 0 Å². The Balaban J connectivity index is 1.18. The van der Waals surface area contributed by atoms with E-state index in [4.69, 9.17) is 9.47 Å². The highest BCUT2D eigenvalue weighted by atomic mass is 16.6. The van der Waals surface area contributed by atoms with Crippen LogP contribution in [0.5, 0.6) is 0 Å². The summed E-state index contributed by atoms with van der Waals surface area (Å²) >= 11 is 0. The van der Waals surface area contributed by atoms with Crippen molar-refractivity contribution in [2.75, 3.05) is 0 Å². The van der Waals surface area contributed by atoms with E-state index in [-0.39, 0.29) is 22.9 Å². The van der Waals surface area contributed by atoms with E-state index in [0.29, 0.717) is 36.4 Å². The van der Waals surface area contributed by atoms with E-state index < -0.39 is 12.1 Å². The molecule has 0 N–H and O–H groups in total. The Morgan fingerprint density at radius 2 is 1.55 bits per heavy atom. The summed E-state index contributed by atoms with van der Waals surface area (Å²) in [6.45, 7) is 8.64. The van der Waals surface area contributed by atoms with Gasteiger partial charge in [0.2, 0.25) is 0 Å². The molecule has 3 fully saturated rings. The van der Waals surface area contributed by atoms with Crippen LogP contribution in [-0.4, -0.2) is 29.9 Å². The second-order valence-corrected chi connectivity index (χ2v) is 14.1. The van der Waals surface area contributed by atoms with Gasteiger partial charge in [-0.1, -0.05) is 84.1 Å². The van der Waals surface area contributed by atoms with Crippen molar-refractivity contribution in [3.8, 4) is 0 Å². The van der Waals surface area contributed by atoms with Gasteiger partial charge in [0, 0.05) is 18.3 Å². The Kier molecular flexibility index (Phi) is 11.0. The summed E-state index contributed by atoms with van der Waals surface area (Å²) in [5.74, 6) is 1.43. The maximum absolute atomic E-state index is 13.0. The fourth-order valence-corrected chi connectivity index (χ4v) is 9.00. The Morgan fingerprint density at radius 1 is 0.875 bits per heavy atom. The fraction of sp³-hybridized carbons (Fsp3) is 0.857. The summed E-state index contributed by atoms with van der Waals surface area (Å²) in [5.41, 5.74) is 1.53. The number of carbonyl (C=O) groups is 3. The van der Waals surface area contributed by atoms with Crippen LogP contribution >= 0.6 is 0 Å². The monoisotopic (exact) mass is 556 g/mol. The molecule has 4 aliphatic carbocycles. The van der Waals surface area contributed by atoms with Crippen LogP contribution in [0.15, 0.2) is 11.6 Å². The fourth-order valence-electron chi connectivity index (χ4n) is 9.00. The van der Waals surface area contributed by atoms with Crippen LogP contribution in [0.1, 0.15) is 150 Å². The first-order valence-electron chi connectivity index (χ1n) is 16.8. The number of unbranched alkanes of at least 4 members (excludes halogenated alkanes) is 9. The highest BCUT2D eigenvalue weighted by Crippen LogP contribution is 2.65. The minimum atomic E-state index is -0.851. The van der Waals surface area contributed by atoms with E-state index in [1.807, 2.05) is 6.08 Å². The number of esters is 2. The minimum Gasteiger partial charge on any atom is -0.459 e. The van der Waals surface area contributed by atoms with E-state index in [9.17, 15) is 14.4 Å². The number of fused-ring (bicyclic) bond motifs is 5. The van der Waals surface area contributed by atoms with Crippen molar-refractivity contribution < 1.29 is 23.9 Å². The first-order chi connectivity index (χ1) is 19.2. The van der Waals surface area contributed by atoms with E-state index >= 15 is 0 Å². The summed E-state index contributed by atoms with van der Waals surface area (Å²) in [4.78, 5) is 37.5. The van der Waals surface area contributed by atoms with Crippen LogP contribution in [0.25, 0.3) is 0 Å². The van der Waals surface area contributed by atoms with Crippen LogP contribution in [0, 0.1) is 28.6 Å². The van der Waals surface area contributed by atoms with Gasteiger partial charge in [-0.05, 0) is 87.5 Å². The van der Waals surface area contributed by atoms with Gasteiger partial charge >= 0.3 is 11.9 Å². The van der Waals surface area contributed by atoms with E-state index in [1.165, 1.54) is 50.5 Å². The van der Waals surface area contributed by atoms with Gasteiger partial charge in [0.1, 0.15) is 6.10 Å². The SMILES string of the molecule is CCCCCCCCCCCCC(=O)OC(C)C(=O)O[C@H]1CC[C@H]2[C@@H]3CCC4=CC(=O)CC[C@]4(C)[C@H]3CC[C@]12C. The van der Waals surface area contributed by atoms with E-state index in [2.05, 4.69) is 20.8 Å². The maximum Gasteiger partial charge on any atom is 0.347 e. The number of allylic oxidation sites excluding steroid dienone is 1. The second-order valence-electron chi connectivity index (χ2n) is 14.1. The zero-order chi connectivity index (χ0) is 28.8. The van der Waals surface area contributed by atoms with Crippen molar-refractivity contribution in [1.82, 2.24) is 0 Å². The summed E-state index contributed by atoms with van der Waals surface area (Å²) in [5, 5.41) is 0. The standard InChI is InChI=1S/C35H56O5/c1-5-6-7-8-9-10-11-12-13-14-15-32(37)39-25(2)33(38)40-31-19-18-29-28-17-16-26-24-27(36)20-22-34(26,3)30(28)21-23-35(29,31)4/h24-25,28-31H,5-23H2,1-4H3/t25?,28-,29-,30-,31-,34-,35-/m0/s1. The molecule has 0 radical (unpaired) electrons. The lowest BCUT2D eigenvalue weighted by atomic mass is 9.47. The van der Waals surface area contributed by atoms with Gasteiger partial charge in [-0.2, -0.15) is 0 Å². The molecule has 0 aromatic heterocycles. The maximum atomic E-state index is 13.0. The summed E-state index contributed by atoms with van der Waals surface area (Å²) < 4.78 is 11.6. The molecule has 0 aliphatic heterocycles. The number of ketones is 1. The number of ether oxygens (including phenoxy) is 2. The van der Waals surface area contributed by atoms with E-state index in [1.54, 1.807) is 6.92 Å². The third-order valence-corrected chi connectivity index (χ3v) is 11.5. The predicted molar refractivity (Wildman–Crippen MR) is 159 cm³/mol. The molecule has 7 atom stereocenters. The summed E-state index contributed by atoms with van der Waals surface area (Å²) in [6, 6.07) is 0. The molecule has 5 heteroatoms. The first-order valence-corrected chi connectivity index (χ1v) is 16.8. The largest absolute Gasteiger partial charge is 0.459 e. The molecular weight excluding hydrogens is 500 g/mol. The van der Waals surface area contributed by atoms with Gasteiger partial charge in [-0.15, -0.1) is 0 Å². The average molecular weight is 557 g/mol. The first kappa shape index (κ1) is 31.3. The van der Waals surface area contributed by atoms with Crippen LogP contribution in [0.2, 0.25) is 0 Å². The van der Waals surface area contributed by atoms with Crippen LogP contribution in [-0.2, 0) is 23.9 Å². The summed E-state index contributed by atoms with van der Waals surface area (Å²) in [7, 11) is 0. The molecule has 226 valence electrons. The smallest absolute Gasteiger partial charge is 0.347 e. The van der Waals surface area contributed by atoms with Crippen molar-refractivity contribution >= 4 is 17.7 Å². The minimum absolute atomic E-state index is 0.0153. The van der Waals surface area contributed by atoms with Crippen molar-refractivity contribution in [2.24, 2.45) is 28.6 Å². The third-order valence-electron chi connectivity index (χ3n) is 11.5. The molecule has 0 saturated heterocycles. The molecule has 4 rings (SSSR count). The van der Waals surface area contributed by atoms with Crippen molar-refractivity contribution in [3.05, 3.63) is 11.6 Å². The highest BCUT2D eigenvalue weighted by molar-refractivity contribution is 5.91. The molecule has 0 aromatic carbocycles. The van der Waals surface area contributed by atoms with Crippen LogP contribution in [0.3, 0.4) is 0 Å². The molecule has 1 unspecified atom stereocenters. The molecule has 0 heterocycles. The van der Waals surface area contributed by atoms with Gasteiger partial charge in [0.15, 0.2) is 11.9 Å². The Hall–Kier alpha value is -1.65. The number of carbonyl (C=O) groups excluding carboxylic acids is 3. The van der Waals surface area contributed by atoms with Gasteiger partial charge in [0.25, 0.3) is 0 Å². The predicted octanol–water partition coefficient (Wildman–Crippen LogP) is 8.67. The van der Waals surface area contributed by atoms with Gasteiger partial charge in [-0.25, -0.2) is 4.79 Å². The lowest BCUT2D eigenvalue weighted by Crippen LogP contribution is -2.52. The number of hydrogen-bond acceptors (Lipinski definition) is 5. The quantitative estimate of drug-likeness (QED) is 0.158. The van der Waals surface area contributed by atoms with Gasteiger partial charge in [-0.3, -0.25) is 9.59 Å². The lowest BCUT2D eigenvalue weighted by Gasteiger charge is -2.57. The van der Waals surface area contributed by atoms with Gasteiger partial charge < -0.3 is 9.47 Å². The second kappa shape index (κ2) is 14.0. The summed E-state index contributed by atoms with van der Waals surface area (Å²) in [6.07, 6.45) is 21.6. The zero-order valence-electron chi connectivity index (χ0n) is 25.9. The number of hydrogen-bond donors (Lipinski definition) is 0.